The average Bonchev–Trinajstić information content (AvgIpc) is 2.82. The van der Waals surface area contributed by atoms with E-state index in [1.54, 1.807) is 0 Å². The number of esters is 1. The number of rotatable bonds is 18. The maximum Gasteiger partial charge on any atom is 0.364 e. The molecule has 2 rings (SSSR count). The Morgan fingerprint density at radius 1 is 0.800 bits per heavy atom. The van der Waals surface area contributed by atoms with Gasteiger partial charge in [0, 0.05) is 12.0 Å². The zero-order chi connectivity index (χ0) is 25.4. The summed E-state index contributed by atoms with van der Waals surface area (Å²) >= 11 is 0. The van der Waals surface area contributed by atoms with Gasteiger partial charge in [-0.05, 0) is 30.5 Å². The smallest absolute Gasteiger partial charge is 0.364 e. The molecule has 194 valence electrons. The molecule has 0 N–H and O–H groups in total. The van der Waals surface area contributed by atoms with E-state index in [9.17, 15) is 4.79 Å². The minimum atomic E-state index is -0.567. The molecular formula is C31H48NO3+. The van der Waals surface area contributed by atoms with Crippen molar-refractivity contribution in [1.82, 2.24) is 0 Å². The van der Waals surface area contributed by atoms with Crippen molar-refractivity contribution in [1.29, 1.82) is 0 Å². The van der Waals surface area contributed by atoms with Crippen LogP contribution in [0.3, 0.4) is 0 Å². The number of quaternary nitrogens is 1. The highest BCUT2D eigenvalue weighted by atomic mass is 16.7. The highest BCUT2D eigenvalue weighted by Crippen LogP contribution is 2.19. The zero-order valence-corrected chi connectivity index (χ0v) is 22.6. The minimum absolute atomic E-state index is 0.233. The van der Waals surface area contributed by atoms with Crippen LogP contribution in [0.5, 0.6) is 5.75 Å². The molecular weight excluding hydrogens is 434 g/mol. The number of carbonyl (C=O) groups excluding carboxylic acids is 1. The summed E-state index contributed by atoms with van der Waals surface area (Å²) in [6.07, 6.45) is 13.1. The lowest BCUT2D eigenvalue weighted by Gasteiger charge is -2.29. The largest absolute Gasteiger partial charge is 0.455 e. The first-order chi connectivity index (χ1) is 16.9. The second-order valence-corrected chi connectivity index (χ2v) is 10.4. The fourth-order valence-corrected chi connectivity index (χ4v) is 4.42. The van der Waals surface area contributed by atoms with Crippen LogP contribution in [0.2, 0.25) is 0 Å². The fraction of sp³-hybridized carbons (Fsp3) is 0.581. The second-order valence-electron chi connectivity index (χ2n) is 10.4. The Morgan fingerprint density at radius 2 is 1.43 bits per heavy atom. The van der Waals surface area contributed by atoms with E-state index in [1.807, 2.05) is 51.4 Å². The maximum absolute atomic E-state index is 12.7. The number of hydrogen-bond donors (Lipinski definition) is 0. The van der Waals surface area contributed by atoms with Crippen LogP contribution in [-0.2, 0) is 22.5 Å². The number of benzene rings is 2. The summed E-state index contributed by atoms with van der Waals surface area (Å²) in [5.41, 5.74) is 2.49. The number of likely N-dealkylation sites (N-methyl/N-ethyl adjacent to an activating group) is 1. The van der Waals surface area contributed by atoms with Crippen molar-refractivity contribution in [2.75, 3.05) is 20.6 Å². The average molecular weight is 483 g/mol. The zero-order valence-electron chi connectivity index (χ0n) is 22.6. The van der Waals surface area contributed by atoms with Gasteiger partial charge in [-0.25, -0.2) is 4.79 Å². The molecule has 35 heavy (non-hydrogen) atoms. The molecule has 0 aromatic heterocycles. The van der Waals surface area contributed by atoms with Gasteiger partial charge in [0.2, 0.25) is 6.29 Å². The van der Waals surface area contributed by atoms with Crippen LogP contribution in [0.15, 0.2) is 54.6 Å². The van der Waals surface area contributed by atoms with E-state index in [2.05, 4.69) is 31.2 Å². The molecule has 2 aromatic rings. The summed E-state index contributed by atoms with van der Waals surface area (Å²) in [7, 11) is 4.10. The molecule has 0 bridgehead atoms. The Balaban J connectivity index is 1.73. The van der Waals surface area contributed by atoms with Crippen LogP contribution in [0.1, 0.15) is 89.2 Å². The normalized spacial score (nSPS) is 12.3. The van der Waals surface area contributed by atoms with Crippen molar-refractivity contribution in [2.24, 2.45) is 0 Å². The first-order valence-electron chi connectivity index (χ1n) is 13.7. The molecule has 4 nitrogen and oxygen atoms in total. The minimum Gasteiger partial charge on any atom is -0.455 e. The first-order valence-corrected chi connectivity index (χ1v) is 13.7. The van der Waals surface area contributed by atoms with Gasteiger partial charge >= 0.3 is 5.97 Å². The van der Waals surface area contributed by atoms with Crippen LogP contribution >= 0.6 is 0 Å². The van der Waals surface area contributed by atoms with E-state index < -0.39 is 6.29 Å². The molecule has 1 atom stereocenters. The lowest BCUT2D eigenvalue weighted by molar-refractivity contribution is -0.896. The Hall–Kier alpha value is -2.33. The standard InChI is InChI=1S/C31H48NO3/c1-5-7-8-9-10-11-12-13-15-19-27-22-18-23-29(24-27)34-31(6-2)35-30(33)26-32(3,4)25-28-20-16-14-17-21-28/h14,16-18,20-24,31H,5-13,15,19,25-26H2,1-4H3/q+1. The van der Waals surface area contributed by atoms with E-state index in [0.29, 0.717) is 17.4 Å². The number of unbranched alkanes of at least 4 members (excludes halogenated alkanes) is 8. The van der Waals surface area contributed by atoms with Gasteiger partial charge in [-0.2, -0.15) is 0 Å². The number of carbonyl (C=O) groups is 1. The van der Waals surface area contributed by atoms with Crippen LogP contribution in [-0.4, -0.2) is 37.4 Å². The molecule has 0 aliphatic heterocycles. The summed E-state index contributed by atoms with van der Waals surface area (Å²) in [5.74, 6) is 0.541. The van der Waals surface area contributed by atoms with Crippen molar-refractivity contribution in [3.63, 3.8) is 0 Å². The quantitative estimate of drug-likeness (QED) is 0.0945. The summed E-state index contributed by atoms with van der Waals surface area (Å²) < 4.78 is 12.3. The van der Waals surface area contributed by atoms with Gasteiger partial charge in [0.25, 0.3) is 0 Å². The van der Waals surface area contributed by atoms with Gasteiger partial charge in [-0.1, -0.05) is 108 Å². The lowest BCUT2D eigenvalue weighted by Crippen LogP contribution is -2.44. The van der Waals surface area contributed by atoms with Gasteiger partial charge in [-0.3, -0.25) is 0 Å². The number of aryl methyl sites for hydroxylation is 1. The van der Waals surface area contributed by atoms with Gasteiger partial charge in [0.15, 0.2) is 6.54 Å². The van der Waals surface area contributed by atoms with Crippen molar-refractivity contribution >= 4 is 5.97 Å². The lowest BCUT2D eigenvalue weighted by atomic mass is 10.0. The molecule has 0 spiro atoms. The van der Waals surface area contributed by atoms with Crippen molar-refractivity contribution < 1.29 is 18.8 Å². The molecule has 0 amide bonds. The van der Waals surface area contributed by atoms with Crippen LogP contribution in [0.25, 0.3) is 0 Å². The van der Waals surface area contributed by atoms with E-state index in [1.165, 1.54) is 68.9 Å². The third-order valence-corrected chi connectivity index (χ3v) is 6.34. The summed E-state index contributed by atoms with van der Waals surface area (Å²) in [4.78, 5) is 12.7. The summed E-state index contributed by atoms with van der Waals surface area (Å²) in [6, 6.07) is 18.5. The molecule has 0 saturated heterocycles. The van der Waals surface area contributed by atoms with Gasteiger partial charge < -0.3 is 14.0 Å². The molecule has 0 saturated carbocycles. The predicted octanol–water partition coefficient (Wildman–Crippen LogP) is 7.69. The number of hydrogen-bond acceptors (Lipinski definition) is 3. The molecule has 0 aliphatic carbocycles. The Bertz CT molecular complexity index is 834. The molecule has 1 unspecified atom stereocenters. The molecule has 0 radical (unpaired) electrons. The van der Waals surface area contributed by atoms with E-state index >= 15 is 0 Å². The maximum atomic E-state index is 12.7. The van der Waals surface area contributed by atoms with E-state index in [0.717, 1.165) is 18.7 Å². The predicted molar refractivity (Wildman–Crippen MR) is 145 cm³/mol. The molecule has 2 aromatic carbocycles. The third-order valence-electron chi connectivity index (χ3n) is 6.34. The highest BCUT2D eigenvalue weighted by Gasteiger charge is 2.24. The molecule has 0 fully saturated rings. The molecule has 0 heterocycles. The topological polar surface area (TPSA) is 35.5 Å². The molecule has 0 aliphatic rings. The Morgan fingerprint density at radius 3 is 2.09 bits per heavy atom. The van der Waals surface area contributed by atoms with Gasteiger partial charge in [-0.15, -0.1) is 0 Å². The number of ether oxygens (including phenoxy) is 2. The van der Waals surface area contributed by atoms with Crippen molar-refractivity contribution in [2.45, 2.75) is 97.3 Å². The summed E-state index contributed by atoms with van der Waals surface area (Å²) in [5, 5.41) is 0. The summed E-state index contributed by atoms with van der Waals surface area (Å²) in [6.45, 7) is 5.32. The van der Waals surface area contributed by atoms with Crippen LogP contribution in [0.4, 0.5) is 0 Å². The SMILES string of the molecule is CCCCCCCCCCCc1cccc(OC(CC)OC(=O)C[N+](C)(C)Cc2ccccc2)c1. The second kappa shape index (κ2) is 16.4. The van der Waals surface area contributed by atoms with Gasteiger partial charge in [0.1, 0.15) is 12.3 Å². The van der Waals surface area contributed by atoms with Gasteiger partial charge in [0.05, 0.1) is 14.1 Å². The Kier molecular flexibility index (Phi) is 13.5. The third kappa shape index (κ3) is 12.8. The number of nitrogens with zero attached hydrogens (tertiary/aromatic N) is 1. The van der Waals surface area contributed by atoms with Crippen LogP contribution < -0.4 is 4.74 Å². The monoisotopic (exact) mass is 482 g/mol. The molecule has 4 heteroatoms. The Labute approximate surface area is 214 Å². The van der Waals surface area contributed by atoms with E-state index in [4.69, 9.17) is 9.47 Å². The van der Waals surface area contributed by atoms with Crippen molar-refractivity contribution in [3.05, 3.63) is 65.7 Å². The first kappa shape index (κ1) is 28.9. The van der Waals surface area contributed by atoms with Crippen molar-refractivity contribution in [3.8, 4) is 5.75 Å². The fourth-order valence-electron chi connectivity index (χ4n) is 4.42. The highest BCUT2D eigenvalue weighted by molar-refractivity contribution is 5.70. The van der Waals surface area contributed by atoms with E-state index in [-0.39, 0.29) is 5.97 Å². The van der Waals surface area contributed by atoms with Crippen LogP contribution in [0, 0.1) is 0 Å².